The van der Waals surface area contributed by atoms with E-state index >= 15 is 0 Å². The van der Waals surface area contributed by atoms with Gasteiger partial charge in [0.2, 0.25) is 11.8 Å². The number of nitrogens with zero attached hydrogens (tertiary/aromatic N) is 1. The van der Waals surface area contributed by atoms with E-state index in [2.05, 4.69) is 5.32 Å². The highest BCUT2D eigenvalue weighted by atomic mass is 35.5. The van der Waals surface area contributed by atoms with Crippen LogP contribution in [0.2, 0.25) is 10.0 Å². The van der Waals surface area contributed by atoms with Gasteiger partial charge in [0.25, 0.3) is 0 Å². The molecule has 26 heavy (non-hydrogen) atoms. The zero-order valence-corrected chi connectivity index (χ0v) is 15.7. The van der Waals surface area contributed by atoms with Crippen LogP contribution in [0.5, 0.6) is 5.75 Å². The second kappa shape index (κ2) is 7.98. The minimum absolute atomic E-state index is 0.0848. The number of amides is 2. The van der Waals surface area contributed by atoms with Crippen LogP contribution in [0.15, 0.2) is 42.5 Å². The molecule has 3 rings (SSSR count). The van der Waals surface area contributed by atoms with Crippen molar-refractivity contribution in [1.82, 2.24) is 0 Å². The minimum Gasteiger partial charge on any atom is -0.494 e. The number of hydrogen-bond acceptors (Lipinski definition) is 3. The van der Waals surface area contributed by atoms with Crippen LogP contribution >= 0.6 is 23.2 Å². The lowest BCUT2D eigenvalue weighted by molar-refractivity contribution is -0.122. The average Bonchev–Trinajstić information content (AvgIpc) is 2.97. The number of anilines is 2. The van der Waals surface area contributed by atoms with E-state index in [4.69, 9.17) is 27.9 Å². The summed E-state index contributed by atoms with van der Waals surface area (Å²) in [6.45, 7) is 2.82. The van der Waals surface area contributed by atoms with Gasteiger partial charge in [-0.15, -0.1) is 0 Å². The predicted octanol–water partition coefficient (Wildman–Crippen LogP) is 4.38. The lowest BCUT2D eigenvalue weighted by Gasteiger charge is -2.17. The van der Waals surface area contributed by atoms with Crippen LogP contribution in [0, 0.1) is 5.92 Å². The second-order valence-electron chi connectivity index (χ2n) is 5.98. The van der Waals surface area contributed by atoms with Crippen molar-refractivity contribution in [3.63, 3.8) is 0 Å². The fraction of sp³-hybridized carbons (Fsp3) is 0.263. The van der Waals surface area contributed by atoms with Crippen LogP contribution in [-0.4, -0.2) is 25.0 Å². The van der Waals surface area contributed by atoms with Gasteiger partial charge in [0.05, 0.1) is 12.5 Å². The van der Waals surface area contributed by atoms with Crippen LogP contribution in [0.25, 0.3) is 0 Å². The lowest BCUT2D eigenvalue weighted by atomic mass is 10.1. The number of carbonyl (C=O) groups is 2. The highest BCUT2D eigenvalue weighted by molar-refractivity contribution is 6.35. The average molecular weight is 393 g/mol. The van der Waals surface area contributed by atoms with E-state index in [1.165, 1.54) is 0 Å². The van der Waals surface area contributed by atoms with Gasteiger partial charge in [-0.2, -0.15) is 0 Å². The molecule has 0 aliphatic carbocycles. The molecule has 7 heteroatoms. The van der Waals surface area contributed by atoms with Crippen molar-refractivity contribution in [3.05, 3.63) is 52.5 Å². The van der Waals surface area contributed by atoms with E-state index < -0.39 is 5.92 Å². The zero-order valence-electron chi connectivity index (χ0n) is 14.2. The first-order chi connectivity index (χ1) is 12.5. The summed E-state index contributed by atoms with van der Waals surface area (Å²) in [7, 11) is 0. The third-order valence-corrected chi connectivity index (χ3v) is 4.52. The largest absolute Gasteiger partial charge is 0.494 e. The Labute approximate surface area is 161 Å². The van der Waals surface area contributed by atoms with Crippen LogP contribution < -0.4 is 15.0 Å². The molecule has 1 heterocycles. The molecule has 2 amide bonds. The van der Waals surface area contributed by atoms with Gasteiger partial charge in [-0.05, 0) is 49.4 Å². The zero-order chi connectivity index (χ0) is 18.7. The summed E-state index contributed by atoms with van der Waals surface area (Å²) in [4.78, 5) is 26.5. The van der Waals surface area contributed by atoms with Crippen molar-refractivity contribution >= 4 is 46.4 Å². The van der Waals surface area contributed by atoms with Gasteiger partial charge in [-0.1, -0.05) is 23.2 Å². The summed E-state index contributed by atoms with van der Waals surface area (Å²) >= 11 is 11.9. The lowest BCUT2D eigenvalue weighted by Crippen LogP contribution is -2.28. The van der Waals surface area contributed by atoms with Gasteiger partial charge in [0.1, 0.15) is 5.75 Å². The molecule has 0 aromatic heterocycles. The molecule has 1 aliphatic rings. The van der Waals surface area contributed by atoms with Crippen LogP contribution in [0.3, 0.4) is 0 Å². The molecule has 0 bridgehead atoms. The highest BCUT2D eigenvalue weighted by Gasteiger charge is 2.35. The molecule has 0 spiro atoms. The number of rotatable bonds is 5. The summed E-state index contributed by atoms with van der Waals surface area (Å²) in [5.74, 6) is -0.00888. The van der Waals surface area contributed by atoms with Crippen molar-refractivity contribution in [3.8, 4) is 5.75 Å². The third kappa shape index (κ3) is 4.29. The van der Waals surface area contributed by atoms with E-state index in [0.717, 1.165) is 11.4 Å². The predicted molar refractivity (Wildman–Crippen MR) is 103 cm³/mol. The number of benzene rings is 2. The van der Waals surface area contributed by atoms with Gasteiger partial charge in [-0.3, -0.25) is 9.59 Å². The van der Waals surface area contributed by atoms with Gasteiger partial charge in [-0.25, -0.2) is 0 Å². The molecule has 0 saturated carbocycles. The van der Waals surface area contributed by atoms with E-state index in [9.17, 15) is 9.59 Å². The van der Waals surface area contributed by atoms with E-state index in [0.29, 0.717) is 28.9 Å². The molecule has 1 N–H and O–H groups in total. The summed E-state index contributed by atoms with van der Waals surface area (Å²) in [6.07, 6.45) is 0.160. The van der Waals surface area contributed by atoms with Crippen LogP contribution in [0.1, 0.15) is 13.3 Å². The second-order valence-corrected chi connectivity index (χ2v) is 6.85. The summed E-state index contributed by atoms with van der Waals surface area (Å²) in [6, 6.07) is 12.1. The van der Waals surface area contributed by atoms with Crippen LogP contribution in [-0.2, 0) is 9.59 Å². The Kier molecular flexibility index (Phi) is 5.69. The first-order valence-corrected chi connectivity index (χ1v) is 9.02. The Morgan fingerprint density at radius 2 is 1.85 bits per heavy atom. The van der Waals surface area contributed by atoms with E-state index in [1.807, 2.05) is 31.2 Å². The molecule has 0 radical (unpaired) electrons. The van der Waals surface area contributed by atoms with Gasteiger partial charge >= 0.3 is 0 Å². The molecule has 1 atom stereocenters. The number of carbonyl (C=O) groups excluding carboxylic acids is 2. The van der Waals surface area contributed by atoms with Gasteiger partial charge in [0.15, 0.2) is 0 Å². The number of ether oxygens (including phenoxy) is 1. The molecule has 1 aliphatic heterocycles. The van der Waals surface area contributed by atoms with Crippen molar-refractivity contribution in [2.45, 2.75) is 13.3 Å². The van der Waals surface area contributed by atoms with Gasteiger partial charge in [0, 0.05) is 34.4 Å². The Morgan fingerprint density at radius 3 is 2.46 bits per heavy atom. The molecule has 2 aromatic rings. The number of nitrogens with one attached hydrogen (secondary N) is 1. The monoisotopic (exact) mass is 392 g/mol. The fourth-order valence-corrected chi connectivity index (χ4v) is 3.42. The van der Waals surface area contributed by atoms with E-state index in [-0.39, 0.29) is 18.2 Å². The standard InChI is InChI=1S/C19H18Cl2N2O3/c1-2-26-17-5-3-16(4-6-17)23-11-12(7-18(23)24)19(25)22-15-9-13(20)8-14(21)10-15/h3-6,8-10,12H,2,7,11H2,1H3,(H,22,25). The molecule has 1 unspecified atom stereocenters. The first-order valence-electron chi connectivity index (χ1n) is 8.26. The minimum atomic E-state index is -0.438. The van der Waals surface area contributed by atoms with Crippen molar-refractivity contribution in [2.24, 2.45) is 5.92 Å². The molecular formula is C19H18Cl2N2O3. The van der Waals surface area contributed by atoms with E-state index in [1.54, 1.807) is 23.1 Å². The topological polar surface area (TPSA) is 58.6 Å². The maximum Gasteiger partial charge on any atom is 0.229 e. The molecule has 1 fully saturated rings. The normalized spacial score (nSPS) is 16.7. The molecule has 5 nitrogen and oxygen atoms in total. The Bertz CT molecular complexity index is 804. The SMILES string of the molecule is CCOc1ccc(N2CC(C(=O)Nc3cc(Cl)cc(Cl)c3)CC2=O)cc1. The molecule has 1 saturated heterocycles. The fourth-order valence-electron chi connectivity index (χ4n) is 2.89. The summed E-state index contributed by atoms with van der Waals surface area (Å²) in [5, 5.41) is 3.65. The molecular weight excluding hydrogens is 375 g/mol. The quantitative estimate of drug-likeness (QED) is 0.820. The third-order valence-electron chi connectivity index (χ3n) is 4.09. The smallest absolute Gasteiger partial charge is 0.229 e. The summed E-state index contributed by atoms with van der Waals surface area (Å²) < 4.78 is 5.41. The van der Waals surface area contributed by atoms with Crippen molar-refractivity contribution in [2.75, 3.05) is 23.4 Å². The Morgan fingerprint density at radius 1 is 1.19 bits per heavy atom. The maximum atomic E-state index is 12.5. The van der Waals surface area contributed by atoms with Gasteiger partial charge < -0.3 is 15.0 Å². The Hall–Kier alpha value is -2.24. The Balaban J connectivity index is 1.67. The first kappa shape index (κ1) is 18.5. The summed E-state index contributed by atoms with van der Waals surface area (Å²) in [5.41, 5.74) is 1.26. The van der Waals surface area contributed by atoms with Crippen LogP contribution in [0.4, 0.5) is 11.4 Å². The number of hydrogen-bond donors (Lipinski definition) is 1. The molecule has 136 valence electrons. The van der Waals surface area contributed by atoms with Crippen molar-refractivity contribution < 1.29 is 14.3 Å². The van der Waals surface area contributed by atoms with Crippen molar-refractivity contribution in [1.29, 1.82) is 0 Å². The molecule has 2 aromatic carbocycles. The maximum absolute atomic E-state index is 12.5. The number of halogens is 2. The highest BCUT2D eigenvalue weighted by Crippen LogP contribution is 2.28.